The van der Waals surface area contributed by atoms with Gasteiger partial charge in [0.15, 0.2) is 10.8 Å². The van der Waals surface area contributed by atoms with E-state index in [9.17, 15) is 4.39 Å². The Kier molecular flexibility index (Phi) is 5.40. The molecule has 1 aliphatic heterocycles. The number of aromatic nitrogens is 3. The molecule has 0 radical (unpaired) electrons. The van der Waals surface area contributed by atoms with Crippen molar-refractivity contribution < 1.29 is 4.39 Å². The predicted molar refractivity (Wildman–Crippen MR) is 113 cm³/mol. The second-order valence-electron chi connectivity index (χ2n) is 6.73. The number of thiocarbonyl (C=S) groups is 1. The summed E-state index contributed by atoms with van der Waals surface area (Å²) < 4.78 is 13.3. The Morgan fingerprint density at radius 2 is 2.07 bits per heavy atom. The van der Waals surface area contributed by atoms with E-state index in [0.29, 0.717) is 33.6 Å². The number of aromatic amines is 1. The highest BCUT2D eigenvalue weighted by Crippen LogP contribution is 2.27. The molecule has 0 amide bonds. The molecule has 3 heterocycles. The van der Waals surface area contributed by atoms with Crippen LogP contribution in [0.5, 0.6) is 0 Å². The van der Waals surface area contributed by atoms with Crippen LogP contribution in [0.1, 0.15) is 18.3 Å². The van der Waals surface area contributed by atoms with Crippen LogP contribution >= 0.6 is 35.4 Å². The monoisotopic (exact) mass is 437 g/mol. The number of imidazole rings is 1. The summed E-state index contributed by atoms with van der Waals surface area (Å²) in [6, 6.07) is 8.70. The minimum Gasteiger partial charge on any atom is -0.344 e. The van der Waals surface area contributed by atoms with Crippen LogP contribution in [0.15, 0.2) is 30.3 Å². The summed E-state index contributed by atoms with van der Waals surface area (Å²) in [6.07, 6.45) is 0.771. The van der Waals surface area contributed by atoms with Crippen molar-refractivity contribution >= 4 is 51.7 Å². The van der Waals surface area contributed by atoms with Gasteiger partial charge in [0.25, 0.3) is 0 Å². The Bertz CT molecular complexity index is 1040. The summed E-state index contributed by atoms with van der Waals surface area (Å²) in [5.41, 5.74) is 2.12. The molecule has 28 heavy (non-hydrogen) atoms. The number of hydrogen-bond donors (Lipinski definition) is 1. The molecule has 1 unspecified atom stereocenters. The van der Waals surface area contributed by atoms with Gasteiger partial charge in [-0.1, -0.05) is 29.3 Å². The lowest BCUT2D eigenvalue weighted by atomic mass is 10.1. The number of nitrogens with zero attached hydrogens (tertiary/aromatic N) is 4. The number of rotatable bonds is 5. The van der Waals surface area contributed by atoms with E-state index in [1.54, 1.807) is 12.1 Å². The molecule has 1 atom stereocenters. The normalized spacial score (nSPS) is 17.1. The molecular formula is C19H18Cl2FN5S. The molecule has 1 aliphatic rings. The number of halogens is 3. The first-order chi connectivity index (χ1) is 13.4. The van der Waals surface area contributed by atoms with Gasteiger partial charge in [-0.05, 0) is 55.4 Å². The molecule has 2 aromatic heterocycles. The average Bonchev–Trinajstić information content (AvgIpc) is 3.17. The van der Waals surface area contributed by atoms with E-state index < -0.39 is 5.95 Å². The highest BCUT2D eigenvalue weighted by molar-refractivity contribution is 7.80. The van der Waals surface area contributed by atoms with Crippen molar-refractivity contribution in [3.05, 3.63) is 57.7 Å². The van der Waals surface area contributed by atoms with Gasteiger partial charge in [-0.15, -0.1) is 0 Å². The van der Waals surface area contributed by atoms with E-state index in [1.807, 2.05) is 12.1 Å². The largest absolute Gasteiger partial charge is 0.344 e. The zero-order valence-corrected chi connectivity index (χ0v) is 17.5. The van der Waals surface area contributed by atoms with Crippen LogP contribution in [-0.4, -0.2) is 49.0 Å². The minimum absolute atomic E-state index is 0.205. The van der Waals surface area contributed by atoms with E-state index >= 15 is 0 Å². The lowest BCUT2D eigenvalue weighted by molar-refractivity contribution is 0.350. The fourth-order valence-corrected chi connectivity index (χ4v) is 4.49. The molecule has 0 saturated carbocycles. The third kappa shape index (κ3) is 3.79. The van der Waals surface area contributed by atoms with Gasteiger partial charge in [0.2, 0.25) is 5.95 Å². The van der Waals surface area contributed by atoms with Gasteiger partial charge < -0.3 is 14.8 Å². The molecule has 0 aliphatic carbocycles. The van der Waals surface area contributed by atoms with Crippen LogP contribution < -0.4 is 0 Å². The molecule has 1 saturated heterocycles. The van der Waals surface area contributed by atoms with Crippen LogP contribution in [0.2, 0.25) is 10.0 Å². The lowest BCUT2D eigenvalue weighted by Crippen LogP contribution is -2.35. The molecule has 0 spiro atoms. The van der Waals surface area contributed by atoms with E-state index in [0.717, 1.165) is 30.2 Å². The maximum Gasteiger partial charge on any atom is 0.214 e. The van der Waals surface area contributed by atoms with Crippen molar-refractivity contribution in [1.29, 1.82) is 0 Å². The Morgan fingerprint density at radius 3 is 2.82 bits per heavy atom. The maximum absolute atomic E-state index is 13.3. The number of benzene rings is 1. The van der Waals surface area contributed by atoms with E-state index in [4.69, 9.17) is 35.4 Å². The van der Waals surface area contributed by atoms with Gasteiger partial charge in [0, 0.05) is 23.1 Å². The van der Waals surface area contributed by atoms with Crippen molar-refractivity contribution in [3.8, 4) is 0 Å². The first-order valence-corrected chi connectivity index (χ1v) is 10.1. The van der Waals surface area contributed by atoms with Gasteiger partial charge in [-0.3, -0.25) is 0 Å². The molecule has 3 aromatic rings. The zero-order chi connectivity index (χ0) is 19.8. The van der Waals surface area contributed by atoms with Crippen LogP contribution in [-0.2, 0) is 13.0 Å². The standard InChI is InChI=1S/C19H18Cl2FN5S/c1-2-27-13(7-11-3-4-12(20)8-14(11)21)9-26(19(27)28)10-17-23-15-5-6-16(22)24-18(15)25-17/h3-6,8,13H,2,7,9-10H2,1H3,(H,23,24,25). The average molecular weight is 438 g/mol. The number of fused-ring (bicyclic) bond motifs is 1. The molecule has 9 heteroatoms. The third-order valence-electron chi connectivity index (χ3n) is 4.90. The van der Waals surface area contributed by atoms with Crippen molar-refractivity contribution in [2.45, 2.75) is 25.9 Å². The Labute approximate surface area is 177 Å². The van der Waals surface area contributed by atoms with E-state index in [1.165, 1.54) is 6.07 Å². The summed E-state index contributed by atoms with van der Waals surface area (Å²) >= 11 is 18.1. The number of likely N-dealkylation sites (N-methyl/N-ethyl adjacent to an activating group) is 1. The van der Waals surface area contributed by atoms with E-state index in [-0.39, 0.29) is 6.04 Å². The summed E-state index contributed by atoms with van der Waals surface area (Å²) in [6.45, 7) is 4.15. The molecule has 1 fully saturated rings. The van der Waals surface area contributed by atoms with Gasteiger partial charge in [-0.2, -0.15) is 9.37 Å². The quantitative estimate of drug-likeness (QED) is 0.472. The summed E-state index contributed by atoms with van der Waals surface area (Å²) in [7, 11) is 0. The second kappa shape index (κ2) is 7.81. The van der Waals surface area contributed by atoms with Gasteiger partial charge in [-0.25, -0.2) is 4.98 Å². The molecular weight excluding hydrogens is 420 g/mol. The first kappa shape index (κ1) is 19.4. The lowest BCUT2D eigenvalue weighted by Gasteiger charge is -2.24. The first-order valence-electron chi connectivity index (χ1n) is 8.95. The minimum atomic E-state index is -0.531. The molecule has 1 aromatic carbocycles. The highest BCUT2D eigenvalue weighted by atomic mass is 35.5. The van der Waals surface area contributed by atoms with Gasteiger partial charge in [0.1, 0.15) is 11.3 Å². The number of nitrogens with one attached hydrogen (secondary N) is 1. The van der Waals surface area contributed by atoms with Crippen molar-refractivity contribution in [3.63, 3.8) is 0 Å². The fourth-order valence-electron chi connectivity index (χ4n) is 3.59. The smallest absolute Gasteiger partial charge is 0.214 e. The van der Waals surface area contributed by atoms with E-state index in [2.05, 4.69) is 31.7 Å². The molecule has 4 rings (SSSR count). The van der Waals surface area contributed by atoms with Crippen LogP contribution in [0.3, 0.4) is 0 Å². The van der Waals surface area contributed by atoms with Crippen LogP contribution in [0, 0.1) is 5.95 Å². The van der Waals surface area contributed by atoms with Gasteiger partial charge in [0.05, 0.1) is 12.6 Å². The van der Waals surface area contributed by atoms with Gasteiger partial charge >= 0.3 is 0 Å². The number of pyridine rings is 1. The zero-order valence-electron chi connectivity index (χ0n) is 15.1. The Hall–Kier alpha value is -1.96. The summed E-state index contributed by atoms with van der Waals surface area (Å²) in [5.74, 6) is 0.174. The van der Waals surface area contributed by atoms with Crippen molar-refractivity contribution in [2.75, 3.05) is 13.1 Å². The molecule has 5 nitrogen and oxygen atoms in total. The SMILES string of the molecule is CCN1C(=S)N(Cc2nc3ccc(F)nc3[nH]2)CC1Cc1ccc(Cl)cc1Cl. The number of hydrogen-bond acceptors (Lipinski definition) is 3. The highest BCUT2D eigenvalue weighted by Gasteiger charge is 2.34. The number of H-pyrrole nitrogens is 1. The summed E-state index contributed by atoms with van der Waals surface area (Å²) in [5, 5.41) is 2.06. The third-order valence-corrected chi connectivity index (χ3v) is 5.98. The molecule has 1 N–H and O–H groups in total. The maximum atomic E-state index is 13.3. The second-order valence-corrected chi connectivity index (χ2v) is 7.94. The Balaban J connectivity index is 1.52. The molecule has 0 bridgehead atoms. The van der Waals surface area contributed by atoms with Crippen molar-refractivity contribution in [1.82, 2.24) is 24.8 Å². The summed E-state index contributed by atoms with van der Waals surface area (Å²) in [4.78, 5) is 15.7. The predicted octanol–water partition coefficient (Wildman–Crippen LogP) is 4.44. The Morgan fingerprint density at radius 1 is 1.25 bits per heavy atom. The van der Waals surface area contributed by atoms with Crippen LogP contribution in [0.4, 0.5) is 4.39 Å². The van der Waals surface area contributed by atoms with Crippen LogP contribution in [0.25, 0.3) is 11.2 Å². The fraction of sp³-hybridized carbons (Fsp3) is 0.316. The van der Waals surface area contributed by atoms with Crippen molar-refractivity contribution in [2.24, 2.45) is 0 Å². The topological polar surface area (TPSA) is 48.1 Å². The molecule has 146 valence electrons.